The maximum Gasteiger partial charge on any atom is 0.269 e. The normalized spacial score (nSPS) is 19.0. The molecule has 0 spiro atoms. The Labute approximate surface area is 150 Å². The lowest BCUT2D eigenvalue weighted by Gasteiger charge is -2.18. The standard InChI is InChI=1S/C19H27NO4Si/c1-15(19-13-24-19)16(14-25(2,3)4)7-5-6-12-23-18-10-8-17(9-11-18)20(21)22/h5-6,8-11,14-15,19H,7,12-13H2,1-4H3/b6-5+,16-14-/t15-,19-/m1/s1. The second-order valence-electron chi connectivity index (χ2n) is 7.48. The van der Waals surface area contributed by atoms with E-state index in [-0.39, 0.29) is 5.69 Å². The highest BCUT2D eigenvalue weighted by molar-refractivity contribution is 6.81. The Bertz CT molecular complexity index is 642. The van der Waals surface area contributed by atoms with Crippen LogP contribution in [0, 0.1) is 16.0 Å². The summed E-state index contributed by atoms with van der Waals surface area (Å²) in [4.78, 5) is 10.2. The number of rotatable bonds is 9. The average Bonchev–Trinajstić information content (AvgIpc) is 3.37. The molecule has 136 valence electrons. The molecule has 0 N–H and O–H groups in total. The van der Waals surface area contributed by atoms with Crippen molar-refractivity contribution in [1.29, 1.82) is 0 Å². The molecule has 1 saturated heterocycles. The third kappa shape index (κ3) is 6.84. The minimum absolute atomic E-state index is 0.0697. The topological polar surface area (TPSA) is 64.9 Å². The molecule has 1 aromatic rings. The summed E-state index contributed by atoms with van der Waals surface area (Å²) < 4.78 is 11.1. The zero-order valence-corrected chi connectivity index (χ0v) is 16.4. The summed E-state index contributed by atoms with van der Waals surface area (Å²) in [7, 11) is -1.27. The molecule has 0 aromatic heterocycles. The number of non-ortho nitro benzene ring substituents is 1. The highest BCUT2D eigenvalue weighted by Gasteiger charge is 2.31. The van der Waals surface area contributed by atoms with Crippen molar-refractivity contribution in [2.75, 3.05) is 13.2 Å². The first-order valence-electron chi connectivity index (χ1n) is 8.62. The smallest absolute Gasteiger partial charge is 0.269 e. The van der Waals surface area contributed by atoms with Gasteiger partial charge in [-0.3, -0.25) is 10.1 Å². The van der Waals surface area contributed by atoms with Crippen LogP contribution in [0.15, 0.2) is 47.7 Å². The van der Waals surface area contributed by atoms with Crippen molar-refractivity contribution >= 4 is 13.8 Å². The number of benzene rings is 1. The van der Waals surface area contributed by atoms with Gasteiger partial charge in [0.2, 0.25) is 0 Å². The summed E-state index contributed by atoms with van der Waals surface area (Å²) in [6.45, 7) is 10.6. The number of nitrogens with zero attached hydrogens (tertiary/aromatic N) is 1. The van der Waals surface area contributed by atoms with Gasteiger partial charge in [0.05, 0.1) is 25.7 Å². The van der Waals surface area contributed by atoms with Crippen LogP contribution in [-0.4, -0.2) is 32.3 Å². The minimum atomic E-state index is -1.27. The maximum absolute atomic E-state index is 10.6. The van der Waals surface area contributed by atoms with Gasteiger partial charge >= 0.3 is 0 Å². The molecule has 25 heavy (non-hydrogen) atoms. The Hall–Kier alpha value is -1.92. The summed E-state index contributed by atoms with van der Waals surface area (Å²) >= 11 is 0. The highest BCUT2D eigenvalue weighted by Crippen LogP contribution is 2.29. The first-order valence-corrected chi connectivity index (χ1v) is 12.2. The average molecular weight is 362 g/mol. The fraction of sp³-hybridized carbons (Fsp3) is 0.474. The molecule has 0 bridgehead atoms. The van der Waals surface area contributed by atoms with Crippen LogP contribution in [0.1, 0.15) is 13.3 Å². The Morgan fingerprint density at radius 2 is 2.00 bits per heavy atom. The van der Waals surface area contributed by atoms with Gasteiger partial charge in [0, 0.05) is 18.1 Å². The maximum atomic E-state index is 10.6. The number of allylic oxidation sites excluding steroid dienone is 1. The molecule has 1 aliphatic rings. The SMILES string of the molecule is C[C@H](/C(=C\[Si](C)(C)C)C/C=C/COc1ccc([N+](=O)[O-])cc1)[C@H]1CO1. The van der Waals surface area contributed by atoms with Crippen LogP contribution < -0.4 is 4.74 Å². The molecule has 1 aliphatic heterocycles. The fourth-order valence-electron chi connectivity index (χ4n) is 2.61. The number of hydrogen-bond acceptors (Lipinski definition) is 4. The van der Waals surface area contributed by atoms with E-state index in [1.54, 1.807) is 12.1 Å². The quantitative estimate of drug-likeness (QED) is 0.209. The molecule has 5 nitrogen and oxygen atoms in total. The summed E-state index contributed by atoms with van der Waals surface area (Å²) in [5, 5.41) is 10.6. The van der Waals surface area contributed by atoms with E-state index in [0.29, 0.717) is 24.4 Å². The van der Waals surface area contributed by atoms with Gasteiger partial charge < -0.3 is 9.47 Å². The molecule has 0 radical (unpaired) electrons. The lowest BCUT2D eigenvalue weighted by atomic mass is 9.96. The van der Waals surface area contributed by atoms with E-state index in [9.17, 15) is 10.1 Å². The van der Waals surface area contributed by atoms with E-state index < -0.39 is 13.0 Å². The largest absolute Gasteiger partial charge is 0.490 e. The van der Waals surface area contributed by atoms with Crippen LogP contribution in [0.4, 0.5) is 5.69 Å². The number of ether oxygens (including phenoxy) is 2. The van der Waals surface area contributed by atoms with Crippen molar-refractivity contribution in [2.24, 2.45) is 5.92 Å². The summed E-state index contributed by atoms with van der Waals surface area (Å²) in [5.74, 6) is 1.10. The second-order valence-corrected chi connectivity index (χ2v) is 12.5. The molecule has 0 saturated carbocycles. The van der Waals surface area contributed by atoms with E-state index in [1.165, 1.54) is 17.7 Å². The van der Waals surface area contributed by atoms with Crippen LogP contribution in [0.3, 0.4) is 0 Å². The lowest BCUT2D eigenvalue weighted by Crippen LogP contribution is -2.20. The number of nitro benzene ring substituents is 1. The molecule has 0 unspecified atom stereocenters. The van der Waals surface area contributed by atoms with Crippen molar-refractivity contribution in [3.63, 3.8) is 0 Å². The van der Waals surface area contributed by atoms with Crippen molar-refractivity contribution in [3.05, 3.63) is 57.8 Å². The van der Waals surface area contributed by atoms with Gasteiger partial charge in [-0.2, -0.15) is 0 Å². The minimum Gasteiger partial charge on any atom is -0.490 e. The van der Waals surface area contributed by atoms with Crippen LogP contribution in [0.2, 0.25) is 19.6 Å². The summed E-state index contributed by atoms with van der Waals surface area (Å²) in [6.07, 6.45) is 5.43. The number of epoxide rings is 1. The molecule has 6 heteroatoms. The summed E-state index contributed by atoms with van der Waals surface area (Å²) in [6, 6.07) is 6.14. The third-order valence-electron chi connectivity index (χ3n) is 4.03. The van der Waals surface area contributed by atoms with E-state index in [4.69, 9.17) is 9.47 Å². The molecule has 2 rings (SSSR count). The molecule has 2 atom stereocenters. The molecular formula is C19H27NO4Si. The van der Waals surface area contributed by atoms with Crippen molar-refractivity contribution in [3.8, 4) is 5.75 Å². The Balaban J connectivity index is 1.85. The van der Waals surface area contributed by atoms with E-state index in [2.05, 4.69) is 38.3 Å². The predicted molar refractivity (Wildman–Crippen MR) is 103 cm³/mol. The Kier molecular flexibility index (Phi) is 6.55. The monoisotopic (exact) mass is 361 g/mol. The van der Waals surface area contributed by atoms with Gasteiger partial charge in [-0.1, -0.05) is 50.0 Å². The van der Waals surface area contributed by atoms with Gasteiger partial charge in [-0.15, -0.1) is 0 Å². The molecule has 1 fully saturated rings. The van der Waals surface area contributed by atoms with Crippen LogP contribution in [-0.2, 0) is 4.74 Å². The van der Waals surface area contributed by atoms with E-state index >= 15 is 0 Å². The van der Waals surface area contributed by atoms with Gasteiger partial charge in [-0.25, -0.2) is 0 Å². The molecule has 1 heterocycles. The zero-order valence-electron chi connectivity index (χ0n) is 15.4. The van der Waals surface area contributed by atoms with Gasteiger partial charge in [0.15, 0.2) is 0 Å². The van der Waals surface area contributed by atoms with E-state index in [0.717, 1.165) is 13.0 Å². The lowest BCUT2D eigenvalue weighted by molar-refractivity contribution is -0.384. The molecule has 0 aliphatic carbocycles. The number of hydrogen-bond donors (Lipinski definition) is 0. The zero-order chi connectivity index (χ0) is 18.4. The van der Waals surface area contributed by atoms with Gasteiger partial charge in [-0.05, 0) is 18.6 Å². The molecule has 1 aromatic carbocycles. The van der Waals surface area contributed by atoms with Crippen LogP contribution in [0.25, 0.3) is 0 Å². The van der Waals surface area contributed by atoms with Crippen LogP contribution >= 0.6 is 0 Å². The molecule has 0 amide bonds. The Morgan fingerprint density at radius 1 is 1.36 bits per heavy atom. The van der Waals surface area contributed by atoms with Crippen LogP contribution in [0.5, 0.6) is 5.75 Å². The summed E-state index contributed by atoms with van der Waals surface area (Å²) in [5.41, 5.74) is 3.99. The predicted octanol–water partition coefficient (Wildman–Crippen LogP) is 4.76. The first kappa shape index (κ1) is 19.4. The molecular weight excluding hydrogens is 334 g/mol. The second kappa shape index (κ2) is 8.45. The third-order valence-corrected chi connectivity index (χ3v) is 5.27. The highest BCUT2D eigenvalue weighted by atomic mass is 28.3. The van der Waals surface area contributed by atoms with E-state index in [1.807, 2.05) is 6.08 Å². The van der Waals surface area contributed by atoms with Gasteiger partial charge in [0.25, 0.3) is 5.69 Å². The Morgan fingerprint density at radius 3 is 2.52 bits per heavy atom. The van der Waals surface area contributed by atoms with Crippen molar-refractivity contribution in [1.82, 2.24) is 0 Å². The van der Waals surface area contributed by atoms with Crippen molar-refractivity contribution < 1.29 is 14.4 Å². The van der Waals surface area contributed by atoms with Crippen molar-refractivity contribution in [2.45, 2.75) is 39.1 Å². The van der Waals surface area contributed by atoms with Gasteiger partial charge in [0.1, 0.15) is 12.4 Å². The first-order chi connectivity index (χ1) is 11.8. The number of nitro groups is 1. The fourth-order valence-corrected chi connectivity index (χ4v) is 4.10.